The van der Waals surface area contributed by atoms with Crippen LogP contribution in [0.2, 0.25) is 0 Å². The molecule has 2 bridgehead atoms. The summed E-state index contributed by atoms with van der Waals surface area (Å²) in [6, 6.07) is 0. The second kappa shape index (κ2) is 10.0. The maximum Gasteiger partial charge on any atom is 0.472 e. The molecule has 21 heteroatoms. The van der Waals surface area contributed by atoms with E-state index in [1.807, 2.05) is 0 Å². The molecule has 0 aromatic carbocycles. The zero-order valence-electron chi connectivity index (χ0n) is 21.4. The number of nitrogens with two attached hydrogens (primary N) is 2. The van der Waals surface area contributed by atoms with Gasteiger partial charge >= 0.3 is 7.82 Å². The van der Waals surface area contributed by atoms with Gasteiger partial charge in [0.2, 0.25) is 11.9 Å². The van der Waals surface area contributed by atoms with Crippen LogP contribution in [0.5, 0.6) is 0 Å². The topological polar surface area (TPSA) is 283 Å². The molecule has 7 heterocycles. The average molecular weight is 608 g/mol. The number of phosphoric acid groups is 1. The molecule has 0 amide bonds. The van der Waals surface area contributed by atoms with Gasteiger partial charge in [0.15, 0.2) is 29.3 Å². The lowest BCUT2D eigenvalue weighted by molar-refractivity contribution is -0.178. The number of nitrogens with one attached hydrogen (secondary N) is 1. The van der Waals surface area contributed by atoms with E-state index in [9.17, 15) is 24.5 Å². The number of hydrogen-bond donors (Lipinski definition) is 6. The maximum absolute atomic E-state index is 13.1. The van der Waals surface area contributed by atoms with E-state index in [0.717, 1.165) is 0 Å². The van der Waals surface area contributed by atoms with Crippen molar-refractivity contribution in [3.63, 3.8) is 0 Å². The zero-order chi connectivity index (χ0) is 29.3. The summed E-state index contributed by atoms with van der Waals surface area (Å²) in [5.74, 6) is -0.768. The molecule has 0 spiro atoms. The number of nitrogens with zero attached hydrogens (tertiary/aromatic N) is 7. The molecule has 0 radical (unpaired) electrons. The minimum absolute atomic E-state index is 0.0162. The molecule has 224 valence electrons. The molecule has 0 saturated carbocycles. The number of aromatic nitrogens is 8. The number of imidazole rings is 1. The Hall–Kier alpha value is -3.59. The van der Waals surface area contributed by atoms with Gasteiger partial charge in [-0.05, 0) is 6.42 Å². The Balaban J connectivity index is 1.17. The number of aromatic amines is 1. The largest absolute Gasteiger partial charge is 0.472 e. The molecule has 3 aliphatic heterocycles. The van der Waals surface area contributed by atoms with Gasteiger partial charge in [-0.2, -0.15) is 14.6 Å². The van der Waals surface area contributed by atoms with Crippen LogP contribution < -0.4 is 17.0 Å². The van der Waals surface area contributed by atoms with Gasteiger partial charge in [-0.3, -0.25) is 23.4 Å². The summed E-state index contributed by atoms with van der Waals surface area (Å²) in [7, 11) is -4.89. The Morgan fingerprint density at radius 2 is 1.95 bits per heavy atom. The third-order valence-electron chi connectivity index (χ3n) is 7.50. The molecule has 9 atom stereocenters. The first-order chi connectivity index (χ1) is 20.1. The minimum atomic E-state index is -4.89. The van der Waals surface area contributed by atoms with Gasteiger partial charge in [-0.1, -0.05) is 0 Å². The third kappa shape index (κ3) is 4.44. The highest BCUT2D eigenvalue weighted by Crippen LogP contribution is 2.51. The number of phosphoric ester groups is 1. The van der Waals surface area contributed by atoms with E-state index < -0.39 is 68.9 Å². The smallest absolute Gasteiger partial charge is 0.390 e. The summed E-state index contributed by atoms with van der Waals surface area (Å²) >= 11 is 0. The fourth-order valence-electron chi connectivity index (χ4n) is 5.54. The zero-order valence-corrected chi connectivity index (χ0v) is 22.3. The highest BCUT2D eigenvalue weighted by Gasteiger charge is 2.52. The fourth-order valence-corrected chi connectivity index (χ4v) is 6.47. The van der Waals surface area contributed by atoms with Crippen LogP contribution in [0, 0.1) is 5.92 Å². The molecular formula is C21H25N10O10P. The van der Waals surface area contributed by atoms with Crippen molar-refractivity contribution in [1.29, 1.82) is 0 Å². The summed E-state index contributed by atoms with van der Waals surface area (Å²) < 4.78 is 44.1. The average Bonchev–Trinajstić information content (AvgIpc) is 3.69. The quantitative estimate of drug-likeness (QED) is 0.134. The highest BCUT2D eigenvalue weighted by molar-refractivity contribution is 7.47. The van der Waals surface area contributed by atoms with E-state index in [4.69, 9.17) is 34.7 Å². The number of nitrogen functional groups attached to an aromatic ring is 2. The lowest BCUT2D eigenvalue weighted by atomic mass is 9.91. The van der Waals surface area contributed by atoms with Crippen LogP contribution in [0.1, 0.15) is 24.3 Å². The molecule has 2 unspecified atom stereocenters. The van der Waals surface area contributed by atoms with Crippen molar-refractivity contribution >= 4 is 36.5 Å². The Morgan fingerprint density at radius 1 is 1.12 bits per heavy atom. The first kappa shape index (κ1) is 27.3. The molecule has 8 N–H and O–H groups in total. The number of aliphatic hydroxyl groups is 2. The lowest BCUT2D eigenvalue weighted by Crippen LogP contribution is -2.37. The number of H-pyrrole nitrogens is 1. The SMILES string of the molecule is Nc1nc2c(ncn2[C@@H]2OC3OCC[C@H]4[C@@H](O)[C@H](c5cnn6c(N)ncnc56)O[C@@H]4COP(=O)(O)O[C@@H]2[C@@H]3O)c(=O)[nH]1. The van der Waals surface area contributed by atoms with Gasteiger partial charge in [0.25, 0.3) is 5.56 Å². The number of rotatable bonds is 2. The monoisotopic (exact) mass is 608 g/mol. The van der Waals surface area contributed by atoms with Crippen LogP contribution in [-0.2, 0) is 27.8 Å². The molecule has 4 aromatic rings. The van der Waals surface area contributed by atoms with Gasteiger partial charge in [0.1, 0.15) is 24.6 Å². The van der Waals surface area contributed by atoms with E-state index in [2.05, 4.69) is 30.0 Å². The summed E-state index contributed by atoms with van der Waals surface area (Å²) in [5, 5.41) is 26.4. The summed E-state index contributed by atoms with van der Waals surface area (Å²) in [6.07, 6.45) is -4.62. The van der Waals surface area contributed by atoms with Crippen molar-refractivity contribution in [3.05, 3.63) is 34.8 Å². The second-order valence-corrected chi connectivity index (χ2v) is 11.4. The van der Waals surface area contributed by atoms with Crippen LogP contribution in [0.3, 0.4) is 0 Å². The Kier molecular flexibility index (Phi) is 6.49. The normalized spacial score (nSPS) is 35.7. The van der Waals surface area contributed by atoms with E-state index in [0.29, 0.717) is 11.2 Å². The molecule has 20 nitrogen and oxygen atoms in total. The number of aliphatic hydroxyl groups excluding tert-OH is 2. The molecular weight excluding hydrogens is 583 g/mol. The van der Waals surface area contributed by atoms with Crippen LogP contribution in [-0.4, -0.2) is 98.1 Å². The van der Waals surface area contributed by atoms with Gasteiger partial charge in [0, 0.05) is 11.5 Å². The van der Waals surface area contributed by atoms with E-state index in [1.165, 1.54) is 27.9 Å². The molecule has 42 heavy (non-hydrogen) atoms. The summed E-state index contributed by atoms with van der Waals surface area (Å²) in [6.45, 7) is -0.479. The summed E-state index contributed by atoms with van der Waals surface area (Å²) in [5.41, 5.74) is 11.6. The molecule has 4 aromatic heterocycles. The van der Waals surface area contributed by atoms with Crippen molar-refractivity contribution < 1.29 is 42.9 Å². The van der Waals surface area contributed by atoms with Crippen molar-refractivity contribution in [2.75, 3.05) is 24.7 Å². The highest BCUT2D eigenvalue weighted by atomic mass is 31.2. The fraction of sp³-hybridized carbons (Fsp3) is 0.524. The van der Waals surface area contributed by atoms with E-state index in [-0.39, 0.29) is 36.1 Å². The molecule has 3 saturated heterocycles. The summed E-state index contributed by atoms with van der Waals surface area (Å²) in [4.78, 5) is 41.3. The van der Waals surface area contributed by atoms with Crippen molar-refractivity contribution in [1.82, 2.24) is 39.1 Å². The minimum Gasteiger partial charge on any atom is -0.390 e. The third-order valence-corrected chi connectivity index (χ3v) is 8.48. The van der Waals surface area contributed by atoms with E-state index >= 15 is 0 Å². The predicted molar refractivity (Wildman–Crippen MR) is 136 cm³/mol. The van der Waals surface area contributed by atoms with Gasteiger partial charge in [-0.15, -0.1) is 0 Å². The maximum atomic E-state index is 13.1. The standard InChI is InChI=1S/C21H25N10O10P/c22-20-28-16-10(17(34)29-20)26-6-30(16)18-14-12(33)19(40-18)37-2-1-7-9(4-38-42(35,36)41-14)39-13(11(7)32)8-3-27-31-15(8)24-5-25-21(31)23/h3,5-7,9,11-14,18-19,32-33H,1-2,4H2,(H,35,36)(H2,23,24,25)(H3,22,28,29,34)/t7-,9-,11-,12+,13+,14-,18-,19?/m1/s1. The first-order valence-electron chi connectivity index (χ1n) is 12.7. The van der Waals surface area contributed by atoms with Crippen LogP contribution in [0.4, 0.5) is 11.9 Å². The molecule has 3 fully saturated rings. The number of hydrogen-bond acceptors (Lipinski definition) is 16. The Morgan fingerprint density at radius 3 is 2.79 bits per heavy atom. The van der Waals surface area contributed by atoms with Gasteiger partial charge in [-0.25, -0.2) is 19.5 Å². The van der Waals surface area contributed by atoms with Crippen LogP contribution >= 0.6 is 7.82 Å². The first-order valence-corrected chi connectivity index (χ1v) is 14.2. The molecule has 7 rings (SSSR count). The second-order valence-electron chi connectivity index (χ2n) is 9.97. The van der Waals surface area contributed by atoms with Gasteiger partial charge < -0.3 is 40.8 Å². The molecule has 0 aliphatic carbocycles. The van der Waals surface area contributed by atoms with Crippen molar-refractivity contribution in [2.24, 2.45) is 5.92 Å². The molecule has 3 aliphatic rings. The van der Waals surface area contributed by atoms with Gasteiger partial charge in [0.05, 0.1) is 37.9 Å². The van der Waals surface area contributed by atoms with Crippen LogP contribution in [0.25, 0.3) is 16.8 Å². The van der Waals surface area contributed by atoms with Crippen molar-refractivity contribution in [3.8, 4) is 0 Å². The Labute approximate surface area is 233 Å². The number of fused-ring (bicyclic) bond motifs is 5. The lowest BCUT2D eigenvalue weighted by Gasteiger charge is -2.26. The number of anilines is 2. The Bertz CT molecular complexity index is 1760. The number of ether oxygens (including phenoxy) is 3. The van der Waals surface area contributed by atoms with Crippen LogP contribution in [0.15, 0.2) is 23.6 Å². The van der Waals surface area contributed by atoms with Crippen molar-refractivity contribution in [2.45, 2.75) is 49.5 Å². The predicted octanol–water partition coefficient (Wildman–Crippen LogP) is -2.02. The van der Waals surface area contributed by atoms with E-state index in [1.54, 1.807) is 0 Å².